The second-order valence-corrected chi connectivity index (χ2v) is 14.7. The lowest BCUT2D eigenvalue weighted by Gasteiger charge is -2.43. The van der Waals surface area contributed by atoms with Crippen LogP contribution in [0.5, 0.6) is 0 Å². The highest BCUT2D eigenvalue weighted by Crippen LogP contribution is 2.48. The van der Waals surface area contributed by atoms with Crippen molar-refractivity contribution in [3.8, 4) is 5.69 Å². The minimum Gasteiger partial charge on any atom is -0.319 e. The van der Waals surface area contributed by atoms with Gasteiger partial charge in [0.25, 0.3) is 6.71 Å². The van der Waals surface area contributed by atoms with Gasteiger partial charge in [0.15, 0.2) is 0 Å². The Bertz CT molecular complexity index is 3330. The van der Waals surface area contributed by atoms with Gasteiger partial charge in [0.05, 0.1) is 33.3 Å². The Balaban J connectivity index is 1.24. The molecule has 0 aliphatic carbocycles. The Morgan fingerprint density at radius 1 is 0.436 bits per heavy atom. The average Bonchev–Trinajstić information content (AvgIpc) is 3.89. The van der Waals surface area contributed by atoms with Crippen molar-refractivity contribution < 1.29 is 0 Å². The summed E-state index contributed by atoms with van der Waals surface area (Å²) in [6.07, 6.45) is 1.98. The van der Waals surface area contributed by atoms with Gasteiger partial charge in [-0.1, -0.05) is 103 Å². The first-order valence-electron chi connectivity index (χ1n) is 18.9. The van der Waals surface area contributed by atoms with Crippen molar-refractivity contribution >= 4 is 106 Å². The highest BCUT2D eigenvalue weighted by molar-refractivity contribution is 7.00. The van der Waals surface area contributed by atoms with Crippen molar-refractivity contribution in [1.82, 2.24) is 14.0 Å². The first-order valence-corrected chi connectivity index (χ1v) is 18.9. The van der Waals surface area contributed by atoms with Gasteiger partial charge < -0.3 is 18.8 Å². The molecule has 4 aromatic heterocycles. The first kappa shape index (κ1) is 29.2. The SMILES string of the molecule is c1ccc(N2c3cc4c(cc3B3c5c2cccc5N(c2ccccc2)c2c3n(-c3ccccc3)c3ccccc23)c2nccc3c5ccccc5n4c32)cc1. The van der Waals surface area contributed by atoms with Crippen molar-refractivity contribution in [2.24, 2.45) is 0 Å². The number of hydrogen-bond donors (Lipinski definition) is 0. The smallest absolute Gasteiger partial charge is 0.273 e. The molecule has 2 aliphatic rings. The molecule has 0 bridgehead atoms. The number of nitrogens with zero attached hydrogens (tertiary/aromatic N) is 5. The second kappa shape index (κ2) is 10.6. The molecule has 2 aliphatic heterocycles. The number of rotatable bonds is 3. The number of pyridine rings is 1. The van der Waals surface area contributed by atoms with Crippen LogP contribution in [0.15, 0.2) is 182 Å². The van der Waals surface area contributed by atoms with E-state index >= 15 is 0 Å². The second-order valence-electron chi connectivity index (χ2n) is 14.7. The van der Waals surface area contributed by atoms with Gasteiger partial charge in [-0.05, 0) is 83.7 Å². The van der Waals surface area contributed by atoms with Gasteiger partial charge >= 0.3 is 0 Å². The van der Waals surface area contributed by atoms with E-state index < -0.39 is 0 Å². The van der Waals surface area contributed by atoms with E-state index in [1.165, 1.54) is 82.9 Å². The van der Waals surface area contributed by atoms with E-state index in [9.17, 15) is 0 Å². The molecule has 0 fully saturated rings. The third-order valence-electron chi connectivity index (χ3n) is 12.0. The molecule has 7 aromatic carbocycles. The van der Waals surface area contributed by atoms with Crippen LogP contribution in [-0.2, 0) is 0 Å². The Kier molecular flexibility index (Phi) is 5.65. The summed E-state index contributed by atoms with van der Waals surface area (Å²) in [6, 6.07) is 64.3. The van der Waals surface area contributed by atoms with Crippen LogP contribution < -0.4 is 26.3 Å². The van der Waals surface area contributed by atoms with Crippen LogP contribution in [0.4, 0.5) is 34.1 Å². The predicted octanol–water partition coefficient (Wildman–Crippen LogP) is 10.3. The Labute approximate surface area is 317 Å². The van der Waals surface area contributed by atoms with E-state index in [1.54, 1.807) is 0 Å². The quantitative estimate of drug-likeness (QED) is 0.172. The molecule has 5 nitrogen and oxygen atoms in total. The zero-order valence-electron chi connectivity index (χ0n) is 29.6. The fourth-order valence-electron chi connectivity index (χ4n) is 9.97. The van der Waals surface area contributed by atoms with Crippen molar-refractivity contribution in [2.45, 2.75) is 0 Å². The lowest BCUT2D eigenvalue weighted by atomic mass is 9.35. The minimum absolute atomic E-state index is 0.0788. The first-order chi connectivity index (χ1) is 27.3. The number of benzene rings is 7. The molecule has 254 valence electrons. The number of aromatic nitrogens is 3. The number of hydrogen-bond acceptors (Lipinski definition) is 3. The largest absolute Gasteiger partial charge is 0.319 e. The third-order valence-corrected chi connectivity index (χ3v) is 12.0. The maximum absolute atomic E-state index is 5.11. The fraction of sp³-hybridized carbons (Fsp3) is 0. The molecule has 6 heterocycles. The maximum atomic E-state index is 5.11. The van der Waals surface area contributed by atoms with Crippen LogP contribution >= 0.6 is 0 Å². The van der Waals surface area contributed by atoms with Gasteiger partial charge in [0, 0.05) is 67.5 Å². The molecule has 13 rings (SSSR count). The number of para-hydroxylation sites is 5. The Hall–Kier alpha value is -7.31. The van der Waals surface area contributed by atoms with E-state index in [-0.39, 0.29) is 6.71 Å². The van der Waals surface area contributed by atoms with E-state index in [2.05, 4.69) is 195 Å². The molecule has 6 heteroatoms. The molecular formula is C49H30BN5. The molecule has 0 radical (unpaired) electrons. The monoisotopic (exact) mass is 699 g/mol. The molecular weight excluding hydrogens is 669 g/mol. The molecule has 11 aromatic rings. The van der Waals surface area contributed by atoms with Crippen molar-refractivity contribution in [3.63, 3.8) is 0 Å². The minimum atomic E-state index is -0.0788. The topological polar surface area (TPSA) is 28.7 Å². The van der Waals surface area contributed by atoms with Crippen LogP contribution in [0.2, 0.25) is 0 Å². The van der Waals surface area contributed by atoms with E-state index in [4.69, 9.17) is 4.98 Å². The highest BCUT2D eigenvalue weighted by Gasteiger charge is 2.47. The Morgan fingerprint density at radius 3 is 1.80 bits per heavy atom. The van der Waals surface area contributed by atoms with Gasteiger partial charge in [-0.2, -0.15) is 0 Å². The lowest BCUT2D eigenvalue weighted by Crippen LogP contribution is -2.62. The third kappa shape index (κ3) is 3.70. The molecule has 0 spiro atoms. The van der Waals surface area contributed by atoms with Crippen LogP contribution in [0, 0.1) is 0 Å². The highest BCUT2D eigenvalue weighted by atomic mass is 15.2. The Morgan fingerprint density at radius 2 is 1.05 bits per heavy atom. The van der Waals surface area contributed by atoms with Gasteiger partial charge in [0.1, 0.15) is 0 Å². The van der Waals surface area contributed by atoms with E-state index in [0.717, 1.165) is 22.6 Å². The normalized spacial score (nSPS) is 13.3. The molecule has 0 saturated heterocycles. The molecule has 55 heavy (non-hydrogen) atoms. The zero-order chi connectivity index (χ0) is 35.8. The molecule has 0 N–H and O–H groups in total. The molecule has 0 atom stereocenters. The standard InChI is InChI=1S/C49H30BN5/c1-4-15-31(16-5-1)52-41-25-14-26-42-45(41)50(38-29-37-43(30-44(38)52)55-39-23-12-10-21-34(39)35-27-28-51-46(37)47(35)55)49-48(53(42)32-17-6-2-7-18-32)36-22-11-13-24-40(36)54(49)33-19-8-3-9-20-33/h1-30H. The van der Waals surface area contributed by atoms with Crippen LogP contribution in [-0.4, -0.2) is 20.7 Å². The van der Waals surface area contributed by atoms with Gasteiger partial charge in [-0.15, -0.1) is 0 Å². The van der Waals surface area contributed by atoms with Gasteiger partial charge in [-0.3, -0.25) is 4.98 Å². The van der Waals surface area contributed by atoms with Crippen LogP contribution in [0.3, 0.4) is 0 Å². The maximum Gasteiger partial charge on any atom is 0.273 e. The van der Waals surface area contributed by atoms with Crippen molar-refractivity contribution in [1.29, 1.82) is 0 Å². The van der Waals surface area contributed by atoms with E-state index in [1.807, 2.05) is 6.20 Å². The number of fused-ring (bicyclic) bond motifs is 12. The van der Waals surface area contributed by atoms with Gasteiger partial charge in [-0.25, -0.2) is 0 Å². The predicted molar refractivity (Wildman–Crippen MR) is 230 cm³/mol. The summed E-state index contributed by atoms with van der Waals surface area (Å²) in [4.78, 5) is 10.1. The number of anilines is 6. The van der Waals surface area contributed by atoms with Crippen LogP contribution in [0.25, 0.3) is 54.8 Å². The summed E-state index contributed by atoms with van der Waals surface area (Å²) in [7, 11) is 0. The molecule has 0 saturated carbocycles. The van der Waals surface area contributed by atoms with Crippen LogP contribution in [0.1, 0.15) is 0 Å². The molecule has 0 amide bonds. The van der Waals surface area contributed by atoms with Gasteiger partial charge in [0.2, 0.25) is 0 Å². The van der Waals surface area contributed by atoms with E-state index in [0.29, 0.717) is 0 Å². The fourth-order valence-corrected chi connectivity index (χ4v) is 9.97. The summed E-state index contributed by atoms with van der Waals surface area (Å²) in [5.74, 6) is 0. The average molecular weight is 700 g/mol. The zero-order valence-corrected chi connectivity index (χ0v) is 29.6. The van der Waals surface area contributed by atoms with Crippen molar-refractivity contribution in [3.05, 3.63) is 182 Å². The summed E-state index contributed by atoms with van der Waals surface area (Å²) >= 11 is 0. The molecule has 0 unspecified atom stereocenters. The summed E-state index contributed by atoms with van der Waals surface area (Å²) in [5, 5.41) is 4.89. The summed E-state index contributed by atoms with van der Waals surface area (Å²) < 4.78 is 4.97. The van der Waals surface area contributed by atoms with Crippen molar-refractivity contribution in [2.75, 3.05) is 9.80 Å². The summed E-state index contributed by atoms with van der Waals surface area (Å²) in [6.45, 7) is -0.0788. The lowest BCUT2D eigenvalue weighted by molar-refractivity contribution is 1.15. The summed E-state index contributed by atoms with van der Waals surface area (Å²) in [5.41, 5.74) is 17.8.